The van der Waals surface area contributed by atoms with E-state index in [0.29, 0.717) is 18.4 Å². The number of aromatic nitrogens is 1. The lowest BCUT2D eigenvalue weighted by Gasteiger charge is -2.18. The first-order valence-electron chi connectivity index (χ1n) is 9.81. The number of carbonyl (C=O) groups excluding carboxylic acids is 1. The Bertz CT molecular complexity index is 733. The number of nitrogens with one attached hydrogen (secondary N) is 2. The maximum absolute atomic E-state index is 12.4. The zero-order valence-electron chi connectivity index (χ0n) is 17.1. The van der Waals surface area contributed by atoms with E-state index in [0.717, 1.165) is 25.2 Å². The molecule has 2 rings (SSSR count). The number of pyridine rings is 1. The minimum atomic E-state index is -0.00996. The Morgan fingerprint density at radius 3 is 2.57 bits per heavy atom. The number of likely N-dealkylation sites (N-methyl/N-ethyl adjacent to an activating group) is 1. The summed E-state index contributed by atoms with van der Waals surface area (Å²) in [6.45, 7) is 6.42. The molecule has 1 heterocycles. The fraction of sp³-hybridized carbons (Fsp3) is 0.409. The van der Waals surface area contributed by atoms with E-state index in [1.54, 1.807) is 18.1 Å². The van der Waals surface area contributed by atoms with E-state index in [1.165, 1.54) is 5.56 Å². The first-order chi connectivity index (χ1) is 13.6. The van der Waals surface area contributed by atoms with Gasteiger partial charge < -0.3 is 15.5 Å². The summed E-state index contributed by atoms with van der Waals surface area (Å²) in [5, 5.41) is 6.53. The molecule has 2 aromatic rings. The molecule has 150 valence electrons. The van der Waals surface area contributed by atoms with Gasteiger partial charge in [0.2, 0.25) is 5.91 Å². The highest BCUT2D eigenvalue weighted by Gasteiger charge is 2.10. The molecule has 28 heavy (non-hydrogen) atoms. The molecule has 0 aliphatic carbocycles. The monoisotopic (exact) mass is 381 g/mol. The molecule has 0 radical (unpaired) electrons. The maximum Gasteiger partial charge on any atom is 0.244 e. The zero-order chi connectivity index (χ0) is 20.2. The van der Waals surface area contributed by atoms with E-state index < -0.39 is 0 Å². The minimum absolute atomic E-state index is 0.00996. The number of guanidine groups is 1. The molecule has 1 aromatic carbocycles. The van der Waals surface area contributed by atoms with Gasteiger partial charge in [0.1, 0.15) is 6.54 Å². The quantitative estimate of drug-likeness (QED) is 0.517. The zero-order valence-corrected chi connectivity index (χ0v) is 17.1. The molecule has 1 atom stereocenters. The van der Waals surface area contributed by atoms with Crippen molar-refractivity contribution in [3.63, 3.8) is 0 Å². The van der Waals surface area contributed by atoms with Crippen molar-refractivity contribution in [2.45, 2.75) is 26.2 Å². The third kappa shape index (κ3) is 7.39. The van der Waals surface area contributed by atoms with Gasteiger partial charge in [0, 0.05) is 45.0 Å². The first-order valence-corrected chi connectivity index (χ1v) is 9.81. The van der Waals surface area contributed by atoms with Crippen LogP contribution in [0, 0.1) is 0 Å². The van der Waals surface area contributed by atoms with E-state index >= 15 is 0 Å². The second-order valence-electron chi connectivity index (χ2n) is 6.77. The summed E-state index contributed by atoms with van der Waals surface area (Å²) in [6, 6.07) is 16.2. The van der Waals surface area contributed by atoms with Crippen molar-refractivity contribution in [3.05, 3.63) is 66.0 Å². The molecule has 6 nitrogen and oxygen atoms in total. The van der Waals surface area contributed by atoms with E-state index in [4.69, 9.17) is 0 Å². The van der Waals surface area contributed by atoms with Crippen LogP contribution in [0.2, 0.25) is 0 Å². The Labute approximate surface area is 168 Å². The van der Waals surface area contributed by atoms with Crippen LogP contribution in [0.5, 0.6) is 0 Å². The fourth-order valence-corrected chi connectivity index (χ4v) is 2.71. The number of benzene rings is 1. The van der Waals surface area contributed by atoms with E-state index in [1.807, 2.05) is 43.3 Å². The number of hydrogen-bond acceptors (Lipinski definition) is 3. The summed E-state index contributed by atoms with van der Waals surface area (Å²) in [5.74, 6) is 1.00. The number of rotatable bonds is 9. The van der Waals surface area contributed by atoms with Crippen molar-refractivity contribution >= 4 is 11.9 Å². The first kappa shape index (κ1) is 21.4. The topological polar surface area (TPSA) is 69.6 Å². The Morgan fingerprint density at radius 1 is 1.14 bits per heavy atom. The minimum Gasteiger partial charge on any atom is -0.357 e. The fourth-order valence-electron chi connectivity index (χ4n) is 2.71. The SMILES string of the molecule is CCNC(=NCC(=O)N(C)CCc1ccccn1)NCC(C)c1ccccc1. The van der Waals surface area contributed by atoms with Crippen LogP contribution >= 0.6 is 0 Å². The van der Waals surface area contributed by atoms with Gasteiger partial charge in [0.15, 0.2) is 5.96 Å². The predicted molar refractivity (Wildman–Crippen MR) is 114 cm³/mol. The molecule has 6 heteroatoms. The summed E-state index contributed by atoms with van der Waals surface area (Å²) in [6.07, 6.45) is 2.51. The molecule has 0 saturated heterocycles. The molecule has 0 aliphatic rings. The van der Waals surface area contributed by atoms with Gasteiger partial charge in [-0.2, -0.15) is 0 Å². The highest BCUT2D eigenvalue weighted by molar-refractivity contribution is 5.84. The smallest absolute Gasteiger partial charge is 0.244 e. The molecule has 0 fully saturated rings. The number of hydrogen-bond donors (Lipinski definition) is 2. The standard InChI is InChI=1S/C22H31N5O/c1-4-23-22(25-16-18(2)19-10-6-5-7-11-19)26-17-21(28)27(3)15-13-20-12-8-9-14-24-20/h5-12,14,18H,4,13,15-17H2,1-3H3,(H2,23,25,26). The summed E-state index contributed by atoms with van der Waals surface area (Å²) in [4.78, 5) is 22.8. The van der Waals surface area contributed by atoms with Crippen molar-refractivity contribution in [1.29, 1.82) is 0 Å². The number of amides is 1. The molecule has 0 spiro atoms. The van der Waals surface area contributed by atoms with Crippen molar-refractivity contribution in [2.75, 3.05) is 33.2 Å². The molecular weight excluding hydrogens is 350 g/mol. The normalized spacial score (nSPS) is 12.3. The predicted octanol–water partition coefficient (Wildman–Crippen LogP) is 2.44. The molecule has 0 bridgehead atoms. The lowest BCUT2D eigenvalue weighted by molar-refractivity contribution is -0.128. The number of aliphatic imine (C=N–C) groups is 1. The average Bonchev–Trinajstić information content (AvgIpc) is 2.74. The second-order valence-corrected chi connectivity index (χ2v) is 6.77. The van der Waals surface area contributed by atoms with E-state index in [-0.39, 0.29) is 12.5 Å². The van der Waals surface area contributed by atoms with Crippen LogP contribution < -0.4 is 10.6 Å². The van der Waals surface area contributed by atoms with Gasteiger partial charge in [-0.05, 0) is 30.5 Å². The van der Waals surface area contributed by atoms with Crippen LogP contribution in [0.4, 0.5) is 0 Å². The van der Waals surface area contributed by atoms with Gasteiger partial charge in [0.25, 0.3) is 0 Å². The maximum atomic E-state index is 12.4. The number of carbonyl (C=O) groups is 1. The second kappa shape index (κ2) is 11.7. The summed E-state index contributed by atoms with van der Waals surface area (Å²) >= 11 is 0. The van der Waals surface area contributed by atoms with Crippen LogP contribution in [0.3, 0.4) is 0 Å². The van der Waals surface area contributed by atoms with Gasteiger partial charge in [-0.15, -0.1) is 0 Å². The largest absolute Gasteiger partial charge is 0.357 e. The van der Waals surface area contributed by atoms with Crippen LogP contribution in [0.25, 0.3) is 0 Å². The summed E-state index contributed by atoms with van der Waals surface area (Å²) in [7, 11) is 1.80. The van der Waals surface area contributed by atoms with E-state index in [2.05, 4.69) is 39.7 Å². The summed E-state index contributed by atoms with van der Waals surface area (Å²) in [5.41, 5.74) is 2.26. The molecule has 2 N–H and O–H groups in total. The van der Waals surface area contributed by atoms with Crippen LogP contribution in [0.15, 0.2) is 59.7 Å². The Balaban J connectivity index is 1.82. The van der Waals surface area contributed by atoms with Gasteiger partial charge in [-0.3, -0.25) is 9.78 Å². The molecule has 1 unspecified atom stereocenters. The highest BCUT2D eigenvalue weighted by atomic mass is 16.2. The Hall–Kier alpha value is -2.89. The highest BCUT2D eigenvalue weighted by Crippen LogP contribution is 2.12. The van der Waals surface area contributed by atoms with Crippen LogP contribution in [-0.2, 0) is 11.2 Å². The lowest BCUT2D eigenvalue weighted by Crippen LogP contribution is -2.40. The molecule has 0 aliphatic heterocycles. The van der Waals surface area contributed by atoms with Crippen LogP contribution in [-0.4, -0.2) is 55.0 Å². The third-order valence-electron chi connectivity index (χ3n) is 4.52. The molecule has 1 amide bonds. The van der Waals surface area contributed by atoms with Crippen molar-refractivity contribution in [2.24, 2.45) is 4.99 Å². The average molecular weight is 382 g/mol. The van der Waals surface area contributed by atoms with Crippen LogP contribution in [0.1, 0.15) is 31.0 Å². The van der Waals surface area contributed by atoms with Gasteiger partial charge in [-0.25, -0.2) is 4.99 Å². The van der Waals surface area contributed by atoms with E-state index in [9.17, 15) is 4.79 Å². The van der Waals surface area contributed by atoms with Gasteiger partial charge in [0.05, 0.1) is 0 Å². The van der Waals surface area contributed by atoms with Crippen molar-refractivity contribution in [3.8, 4) is 0 Å². The lowest BCUT2D eigenvalue weighted by atomic mass is 10.0. The summed E-state index contributed by atoms with van der Waals surface area (Å²) < 4.78 is 0. The number of nitrogens with zero attached hydrogens (tertiary/aromatic N) is 3. The molecule has 1 aromatic heterocycles. The Morgan fingerprint density at radius 2 is 1.89 bits per heavy atom. The Kier molecular flexibility index (Phi) is 8.98. The van der Waals surface area contributed by atoms with Crippen molar-refractivity contribution in [1.82, 2.24) is 20.5 Å². The third-order valence-corrected chi connectivity index (χ3v) is 4.52. The van der Waals surface area contributed by atoms with Crippen molar-refractivity contribution < 1.29 is 4.79 Å². The van der Waals surface area contributed by atoms with Gasteiger partial charge in [-0.1, -0.05) is 43.3 Å². The van der Waals surface area contributed by atoms with Gasteiger partial charge >= 0.3 is 0 Å². The molecular formula is C22H31N5O. The molecule has 0 saturated carbocycles.